The molecule has 9 heteroatoms. The summed E-state index contributed by atoms with van der Waals surface area (Å²) in [6.45, 7) is 0.107. The van der Waals surface area contributed by atoms with E-state index >= 15 is 0 Å². The molecule has 1 heterocycles. The van der Waals surface area contributed by atoms with Gasteiger partial charge >= 0.3 is 0 Å². The van der Waals surface area contributed by atoms with Gasteiger partial charge in [0, 0.05) is 24.7 Å². The highest BCUT2D eigenvalue weighted by Gasteiger charge is 2.36. The largest absolute Gasteiger partial charge is 0.493 e. The van der Waals surface area contributed by atoms with Crippen molar-refractivity contribution in [2.45, 2.75) is 6.42 Å². The summed E-state index contributed by atoms with van der Waals surface area (Å²) in [5, 5.41) is 0. The van der Waals surface area contributed by atoms with Gasteiger partial charge in [-0.05, 0) is 12.1 Å². The third kappa shape index (κ3) is 3.92. The van der Waals surface area contributed by atoms with Gasteiger partial charge in [-0.1, -0.05) is 0 Å². The van der Waals surface area contributed by atoms with Crippen LogP contribution < -0.4 is 19.1 Å². The van der Waals surface area contributed by atoms with Crippen LogP contribution in [0.1, 0.15) is 6.42 Å². The summed E-state index contributed by atoms with van der Waals surface area (Å²) in [5.41, 5.74) is 0.558. The zero-order valence-electron chi connectivity index (χ0n) is 13.0. The molecule has 1 atom stereocenters. The van der Waals surface area contributed by atoms with E-state index in [0.29, 0.717) is 17.2 Å². The van der Waals surface area contributed by atoms with E-state index in [1.54, 1.807) is 18.2 Å². The number of carbonyl (C=O) groups excluding carboxylic acids is 2. The first-order valence-corrected chi connectivity index (χ1v) is 8.68. The molecular weight excluding hydrogens is 324 g/mol. The van der Waals surface area contributed by atoms with Crippen LogP contribution in [0.5, 0.6) is 11.5 Å². The number of carbonyl (C=O) groups is 2. The minimum Gasteiger partial charge on any atom is -0.493 e. The highest BCUT2D eigenvalue weighted by molar-refractivity contribution is 7.89. The van der Waals surface area contributed by atoms with Crippen molar-refractivity contribution in [1.29, 1.82) is 0 Å². The molecule has 1 saturated heterocycles. The Kier molecular flexibility index (Phi) is 4.79. The lowest BCUT2D eigenvalue weighted by Gasteiger charge is -2.18. The lowest BCUT2D eigenvalue weighted by atomic mass is 10.1. The quantitative estimate of drug-likeness (QED) is 0.816. The zero-order chi connectivity index (χ0) is 17.2. The molecular formula is C14H18N2O6S. The molecule has 1 aromatic carbocycles. The Morgan fingerprint density at radius 3 is 2.48 bits per heavy atom. The number of hydrogen-bond acceptors (Lipinski definition) is 6. The minimum absolute atomic E-state index is 0.0459. The zero-order valence-corrected chi connectivity index (χ0v) is 13.8. The van der Waals surface area contributed by atoms with E-state index in [9.17, 15) is 18.0 Å². The number of rotatable bonds is 5. The number of benzene rings is 1. The van der Waals surface area contributed by atoms with Crippen LogP contribution in [-0.4, -0.2) is 47.3 Å². The van der Waals surface area contributed by atoms with E-state index in [1.165, 1.54) is 19.1 Å². The van der Waals surface area contributed by atoms with Crippen LogP contribution in [-0.2, 0) is 19.6 Å². The number of nitrogens with zero attached hydrogens (tertiary/aromatic N) is 1. The molecule has 23 heavy (non-hydrogen) atoms. The van der Waals surface area contributed by atoms with Gasteiger partial charge in [-0.3, -0.25) is 14.3 Å². The predicted molar refractivity (Wildman–Crippen MR) is 83.0 cm³/mol. The summed E-state index contributed by atoms with van der Waals surface area (Å²) >= 11 is 0. The van der Waals surface area contributed by atoms with Crippen molar-refractivity contribution in [2.75, 3.05) is 31.9 Å². The highest BCUT2D eigenvalue weighted by atomic mass is 32.2. The fourth-order valence-electron chi connectivity index (χ4n) is 2.39. The maximum atomic E-state index is 12.1. The van der Waals surface area contributed by atoms with Gasteiger partial charge in [0.05, 0.1) is 26.4 Å². The lowest BCUT2D eigenvalue weighted by Crippen LogP contribution is -2.36. The monoisotopic (exact) mass is 342 g/mol. The van der Waals surface area contributed by atoms with Gasteiger partial charge in [-0.25, -0.2) is 8.42 Å². The molecule has 0 bridgehead atoms. The van der Waals surface area contributed by atoms with Crippen molar-refractivity contribution in [3.05, 3.63) is 18.2 Å². The first-order chi connectivity index (χ1) is 10.7. The third-order valence-corrected chi connectivity index (χ3v) is 4.03. The Morgan fingerprint density at radius 1 is 1.26 bits per heavy atom. The van der Waals surface area contributed by atoms with E-state index in [2.05, 4.69) is 0 Å². The number of sulfonamides is 1. The van der Waals surface area contributed by atoms with E-state index in [0.717, 1.165) is 6.26 Å². The van der Waals surface area contributed by atoms with E-state index in [-0.39, 0.29) is 18.9 Å². The molecule has 1 aromatic rings. The summed E-state index contributed by atoms with van der Waals surface area (Å²) in [4.78, 5) is 25.5. The molecule has 0 spiro atoms. The van der Waals surface area contributed by atoms with E-state index in [4.69, 9.17) is 9.47 Å². The molecule has 2 amide bonds. The molecule has 1 N–H and O–H groups in total. The molecule has 126 valence electrons. The normalized spacial score (nSPS) is 18.0. The van der Waals surface area contributed by atoms with Crippen LogP contribution in [0.15, 0.2) is 18.2 Å². The average molecular weight is 342 g/mol. The molecule has 0 radical (unpaired) electrons. The first-order valence-electron chi connectivity index (χ1n) is 6.79. The number of anilines is 1. The highest BCUT2D eigenvalue weighted by Crippen LogP contribution is 2.34. The number of hydrogen-bond donors (Lipinski definition) is 1. The van der Waals surface area contributed by atoms with Crippen molar-refractivity contribution in [3.63, 3.8) is 0 Å². The topological polar surface area (TPSA) is 102 Å². The fourth-order valence-corrected chi connectivity index (χ4v) is 2.92. The molecule has 0 aliphatic carbocycles. The Hall–Kier alpha value is -2.29. The molecule has 8 nitrogen and oxygen atoms in total. The van der Waals surface area contributed by atoms with Crippen molar-refractivity contribution >= 4 is 27.5 Å². The standard InChI is InChI=1S/C14H18N2O6S/c1-21-11-5-4-10(7-12(11)22-2)16-8-9(6-13(16)17)14(18)15-23(3,19)20/h4-5,7,9H,6,8H2,1-3H3,(H,15,18). The van der Waals surface area contributed by atoms with Crippen LogP contribution in [0, 0.1) is 5.92 Å². The first kappa shape index (κ1) is 17.1. The number of ether oxygens (including phenoxy) is 2. The van der Waals surface area contributed by atoms with Crippen molar-refractivity contribution < 1.29 is 27.5 Å². The number of amides is 2. The molecule has 1 aliphatic heterocycles. The van der Waals surface area contributed by atoms with Gasteiger partial charge in [0.1, 0.15) is 0 Å². The van der Waals surface area contributed by atoms with Gasteiger partial charge in [-0.2, -0.15) is 0 Å². The van der Waals surface area contributed by atoms with Gasteiger partial charge in [0.15, 0.2) is 11.5 Å². The fraction of sp³-hybridized carbons (Fsp3) is 0.429. The van der Waals surface area contributed by atoms with Crippen LogP contribution in [0.4, 0.5) is 5.69 Å². The van der Waals surface area contributed by atoms with Crippen LogP contribution in [0.3, 0.4) is 0 Å². The number of nitrogens with one attached hydrogen (secondary N) is 1. The van der Waals surface area contributed by atoms with Gasteiger partial charge in [-0.15, -0.1) is 0 Å². The summed E-state index contributed by atoms with van der Waals surface area (Å²) < 4.78 is 34.5. The Bertz CT molecular complexity index is 731. The lowest BCUT2D eigenvalue weighted by molar-refractivity contribution is -0.124. The Morgan fingerprint density at radius 2 is 1.91 bits per heavy atom. The molecule has 2 rings (SSSR count). The van der Waals surface area contributed by atoms with Crippen molar-refractivity contribution in [3.8, 4) is 11.5 Å². The minimum atomic E-state index is -3.65. The second-order valence-corrected chi connectivity index (χ2v) is 6.93. The maximum absolute atomic E-state index is 12.1. The number of methoxy groups -OCH3 is 2. The third-order valence-electron chi connectivity index (χ3n) is 3.46. The average Bonchev–Trinajstić information content (AvgIpc) is 2.87. The summed E-state index contributed by atoms with van der Waals surface area (Å²) in [6.07, 6.45) is 0.851. The van der Waals surface area contributed by atoms with Crippen molar-refractivity contribution in [2.24, 2.45) is 5.92 Å². The second kappa shape index (κ2) is 6.45. The Labute approximate surface area is 134 Å². The van der Waals surface area contributed by atoms with Crippen molar-refractivity contribution in [1.82, 2.24) is 4.72 Å². The van der Waals surface area contributed by atoms with Crippen LogP contribution >= 0.6 is 0 Å². The molecule has 0 saturated carbocycles. The van der Waals surface area contributed by atoms with Crippen LogP contribution in [0.25, 0.3) is 0 Å². The smallest absolute Gasteiger partial charge is 0.238 e. The SMILES string of the molecule is COc1ccc(N2CC(C(=O)NS(C)(=O)=O)CC2=O)cc1OC. The molecule has 1 aliphatic rings. The predicted octanol–water partition coefficient (Wildman–Crippen LogP) is 0.132. The maximum Gasteiger partial charge on any atom is 0.238 e. The van der Waals surface area contributed by atoms with E-state index in [1.807, 2.05) is 4.72 Å². The molecule has 1 unspecified atom stereocenters. The van der Waals surface area contributed by atoms with Gasteiger partial charge in [0.2, 0.25) is 21.8 Å². The second-order valence-electron chi connectivity index (χ2n) is 5.18. The molecule has 0 aromatic heterocycles. The van der Waals surface area contributed by atoms with E-state index < -0.39 is 21.8 Å². The van der Waals surface area contributed by atoms with Gasteiger partial charge in [0.25, 0.3) is 0 Å². The van der Waals surface area contributed by atoms with Crippen LogP contribution in [0.2, 0.25) is 0 Å². The summed E-state index contributed by atoms with van der Waals surface area (Å²) in [6, 6.07) is 4.97. The Balaban J connectivity index is 2.19. The molecule has 1 fully saturated rings. The summed E-state index contributed by atoms with van der Waals surface area (Å²) in [7, 11) is -0.660. The van der Waals surface area contributed by atoms with Gasteiger partial charge < -0.3 is 14.4 Å². The summed E-state index contributed by atoms with van der Waals surface area (Å²) in [5.74, 6) is -0.670.